The average molecular weight is 339 g/mol. The zero-order valence-electron chi connectivity index (χ0n) is 15.7. The molecule has 7 nitrogen and oxygen atoms in total. The quantitative estimate of drug-likeness (QED) is 0.415. The molecule has 0 fully saturated rings. The zero-order chi connectivity index (χ0) is 18.5. The molecule has 0 radical (unpaired) electrons. The monoisotopic (exact) mass is 339 g/mol. The van der Waals surface area contributed by atoms with Crippen molar-refractivity contribution in [2.24, 2.45) is 4.99 Å². The van der Waals surface area contributed by atoms with Crippen LogP contribution < -0.4 is 5.32 Å². The number of amides is 2. The molecule has 0 saturated heterocycles. The zero-order valence-corrected chi connectivity index (χ0v) is 15.7. The minimum Gasteiger partial charge on any atom is -0.444 e. The van der Waals surface area contributed by atoms with Gasteiger partial charge in [0.05, 0.1) is 0 Å². The SMILES string of the molecule is CC1=CCN(/C(=N\C(=O)OC(C)(C)C)NC(=O)OC(C)(C)C)CC1. The number of rotatable bonds is 0. The smallest absolute Gasteiger partial charge is 0.437 e. The molecule has 0 aromatic carbocycles. The van der Waals surface area contributed by atoms with Gasteiger partial charge in [0.2, 0.25) is 5.96 Å². The molecule has 0 aromatic rings. The molecule has 1 aliphatic rings. The van der Waals surface area contributed by atoms with Crippen LogP contribution in [0.1, 0.15) is 54.9 Å². The topological polar surface area (TPSA) is 80.2 Å². The molecule has 0 atom stereocenters. The first-order valence-corrected chi connectivity index (χ1v) is 8.08. The molecular weight excluding hydrogens is 310 g/mol. The molecule has 7 heteroatoms. The van der Waals surface area contributed by atoms with Crippen LogP contribution in [0.3, 0.4) is 0 Å². The molecule has 1 heterocycles. The van der Waals surface area contributed by atoms with Crippen LogP contribution in [0.4, 0.5) is 9.59 Å². The normalized spacial score (nSPS) is 16.4. The lowest BCUT2D eigenvalue weighted by Gasteiger charge is -2.29. The molecule has 0 saturated carbocycles. The molecule has 1 N–H and O–H groups in total. The highest BCUT2D eigenvalue weighted by Gasteiger charge is 2.23. The fraction of sp³-hybridized carbons (Fsp3) is 0.706. The number of carbonyl (C=O) groups is 2. The molecule has 0 aliphatic carbocycles. The second kappa shape index (κ2) is 7.68. The van der Waals surface area contributed by atoms with Crippen molar-refractivity contribution < 1.29 is 19.1 Å². The lowest BCUT2D eigenvalue weighted by Crippen LogP contribution is -2.48. The lowest BCUT2D eigenvalue weighted by molar-refractivity contribution is 0.0555. The summed E-state index contributed by atoms with van der Waals surface area (Å²) in [6.07, 6.45) is 1.46. The number of ether oxygens (including phenoxy) is 2. The second-order valence-electron chi connectivity index (χ2n) is 7.79. The highest BCUT2D eigenvalue weighted by atomic mass is 16.6. The summed E-state index contributed by atoms with van der Waals surface area (Å²) in [5, 5.41) is 2.56. The number of nitrogens with zero attached hydrogens (tertiary/aromatic N) is 2. The third-order valence-corrected chi connectivity index (χ3v) is 2.94. The molecule has 0 unspecified atom stereocenters. The molecule has 1 rings (SSSR count). The summed E-state index contributed by atoms with van der Waals surface area (Å²) in [6.45, 7) is 13.8. The van der Waals surface area contributed by atoms with E-state index in [2.05, 4.69) is 10.3 Å². The summed E-state index contributed by atoms with van der Waals surface area (Å²) in [5.41, 5.74) is -0.0321. The number of hydrogen-bond donors (Lipinski definition) is 1. The van der Waals surface area contributed by atoms with Crippen LogP contribution in [0.15, 0.2) is 16.6 Å². The van der Waals surface area contributed by atoms with Gasteiger partial charge >= 0.3 is 12.2 Å². The Morgan fingerprint density at radius 3 is 2.17 bits per heavy atom. The Labute approximate surface area is 144 Å². The third kappa shape index (κ3) is 7.99. The predicted octanol–water partition coefficient (Wildman–Crippen LogP) is 3.45. The number of aliphatic imine (C=N–C) groups is 1. The summed E-state index contributed by atoms with van der Waals surface area (Å²) < 4.78 is 10.4. The van der Waals surface area contributed by atoms with E-state index in [1.54, 1.807) is 46.4 Å². The molecule has 136 valence electrons. The Morgan fingerprint density at radius 2 is 1.71 bits per heavy atom. The van der Waals surface area contributed by atoms with Gasteiger partial charge in [-0.2, -0.15) is 0 Å². The number of alkyl carbamates (subject to hydrolysis) is 1. The highest BCUT2D eigenvalue weighted by Crippen LogP contribution is 2.12. The van der Waals surface area contributed by atoms with Gasteiger partial charge in [0.1, 0.15) is 11.2 Å². The summed E-state index contributed by atoms with van der Waals surface area (Å²) in [7, 11) is 0. The molecule has 0 bridgehead atoms. The van der Waals surface area contributed by atoms with Crippen LogP contribution in [0.5, 0.6) is 0 Å². The van der Waals surface area contributed by atoms with Crippen LogP contribution in [0, 0.1) is 0 Å². The maximum atomic E-state index is 12.0. The standard InChI is InChI=1S/C17H29N3O4/c1-12-8-10-20(11-9-12)13(18-14(21)23-16(2,3)4)19-15(22)24-17(5,6)7/h8H,9-11H2,1-7H3,(H,18,19,21,22). The average Bonchev–Trinajstić information content (AvgIpc) is 2.34. The minimum atomic E-state index is -0.750. The Hall–Kier alpha value is -2.05. The second-order valence-corrected chi connectivity index (χ2v) is 7.79. The van der Waals surface area contributed by atoms with E-state index in [1.165, 1.54) is 5.57 Å². The summed E-state index contributed by atoms with van der Waals surface area (Å²) >= 11 is 0. The van der Waals surface area contributed by atoms with Crippen molar-refractivity contribution >= 4 is 18.1 Å². The van der Waals surface area contributed by atoms with Crippen molar-refractivity contribution in [1.82, 2.24) is 10.2 Å². The number of hydrogen-bond acceptors (Lipinski definition) is 4. The van der Waals surface area contributed by atoms with Gasteiger partial charge in [-0.15, -0.1) is 4.99 Å². The molecular formula is C17H29N3O4. The van der Waals surface area contributed by atoms with E-state index in [-0.39, 0.29) is 5.96 Å². The summed E-state index contributed by atoms with van der Waals surface area (Å²) in [4.78, 5) is 29.8. The van der Waals surface area contributed by atoms with Gasteiger partial charge in [-0.05, 0) is 54.9 Å². The van der Waals surface area contributed by atoms with Crippen LogP contribution in [-0.2, 0) is 9.47 Å². The Morgan fingerprint density at radius 1 is 1.12 bits per heavy atom. The van der Waals surface area contributed by atoms with Crippen molar-refractivity contribution in [3.8, 4) is 0 Å². The van der Waals surface area contributed by atoms with Gasteiger partial charge in [0.25, 0.3) is 0 Å². The first-order chi connectivity index (χ1) is 10.9. The number of carbonyl (C=O) groups excluding carboxylic acids is 2. The Kier molecular flexibility index (Phi) is 6.40. The van der Waals surface area contributed by atoms with Crippen LogP contribution in [-0.4, -0.2) is 47.3 Å². The van der Waals surface area contributed by atoms with E-state index < -0.39 is 23.4 Å². The summed E-state index contributed by atoms with van der Waals surface area (Å²) in [6, 6.07) is 0. The lowest BCUT2D eigenvalue weighted by atomic mass is 10.1. The van der Waals surface area contributed by atoms with Gasteiger partial charge in [-0.3, -0.25) is 5.32 Å². The fourth-order valence-electron chi connectivity index (χ4n) is 1.91. The van der Waals surface area contributed by atoms with E-state index in [4.69, 9.17) is 9.47 Å². The van der Waals surface area contributed by atoms with E-state index in [9.17, 15) is 9.59 Å². The number of guanidine groups is 1. The van der Waals surface area contributed by atoms with E-state index in [0.717, 1.165) is 6.42 Å². The van der Waals surface area contributed by atoms with Gasteiger partial charge in [0, 0.05) is 13.1 Å². The van der Waals surface area contributed by atoms with Crippen molar-refractivity contribution in [3.05, 3.63) is 11.6 Å². The minimum absolute atomic E-state index is 0.141. The molecule has 1 aliphatic heterocycles. The highest BCUT2D eigenvalue weighted by molar-refractivity contribution is 5.99. The van der Waals surface area contributed by atoms with Crippen LogP contribution >= 0.6 is 0 Å². The third-order valence-electron chi connectivity index (χ3n) is 2.94. The molecule has 0 aromatic heterocycles. The van der Waals surface area contributed by atoms with Crippen LogP contribution in [0.2, 0.25) is 0 Å². The number of nitrogens with one attached hydrogen (secondary N) is 1. The largest absolute Gasteiger partial charge is 0.444 e. The first-order valence-electron chi connectivity index (χ1n) is 8.08. The Bertz CT molecular complexity index is 539. The fourth-order valence-corrected chi connectivity index (χ4v) is 1.91. The van der Waals surface area contributed by atoms with Crippen molar-refractivity contribution in [3.63, 3.8) is 0 Å². The first kappa shape index (κ1) is 20.0. The molecule has 0 spiro atoms. The molecule has 2 amide bonds. The maximum absolute atomic E-state index is 12.0. The van der Waals surface area contributed by atoms with Crippen molar-refractivity contribution in [2.75, 3.05) is 13.1 Å². The van der Waals surface area contributed by atoms with Gasteiger partial charge in [-0.25, -0.2) is 9.59 Å². The maximum Gasteiger partial charge on any atom is 0.437 e. The van der Waals surface area contributed by atoms with E-state index in [0.29, 0.717) is 13.1 Å². The van der Waals surface area contributed by atoms with Gasteiger partial charge in [0.15, 0.2) is 0 Å². The van der Waals surface area contributed by atoms with Crippen molar-refractivity contribution in [2.45, 2.75) is 66.1 Å². The predicted molar refractivity (Wildman–Crippen MR) is 93.0 cm³/mol. The van der Waals surface area contributed by atoms with Crippen LogP contribution in [0.25, 0.3) is 0 Å². The molecule has 24 heavy (non-hydrogen) atoms. The van der Waals surface area contributed by atoms with Crippen molar-refractivity contribution in [1.29, 1.82) is 0 Å². The van der Waals surface area contributed by atoms with Gasteiger partial charge < -0.3 is 14.4 Å². The van der Waals surface area contributed by atoms with E-state index in [1.807, 2.05) is 13.0 Å². The van der Waals surface area contributed by atoms with E-state index >= 15 is 0 Å². The Balaban J connectivity index is 2.91. The van der Waals surface area contributed by atoms with Gasteiger partial charge in [-0.1, -0.05) is 11.6 Å². The summed E-state index contributed by atoms with van der Waals surface area (Å²) in [5.74, 6) is 0.141.